The van der Waals surface area contributed by atoms with Crippen LogP contribution in [0.2, 0.25) is 5.02 Å². The molecule has 4 rings (SSSR count). The second-order valence-corrected chi connectivity index (χ2v) is 11.4. The highest BCUT2D eigenvalue weighted by atomic mass is 35.5. The summed E-state index contributed by atoms with van der Waals surface area (Å²) in [6.07, 6.45) is 3.34. The molecule has 2 aromatic carbocycles. The highest BCUT2D eigenvalue weighted by molar-refractivity contribution is 6.32. The van der Waals surface area contributed by atoms with E-state index in [4.69, 9.17) is 25.8 Å². The number of carbonyl (C=O) groups excluding carboxylic acids is 1. The molecule has 0 bridgehead atoms. The molecule has 2 aliphatic heterocycles. The number of halogens is 1. The van der Waals surface area contributed by atoms with Crippen LogP contribution in [0, 0.1) is 17.2 Å². The third-order valence-electron chi connectivity index (χ3n) is 7.65. The molecule has 0 aliphatic carbocycles. The Morgan fingerprint density at radius 3 is 2.76 bits per heavy atom. The molecule has 0 spiro atoms. The third-order valence-corrected chi connectivity index (χ3v) is 7.94. The molecule has 1 amide bonds. The van der Waals surface area contributed by atoms with Crippen LogP contribution in [-0.2, 0) is 9.53 Å². The van der Waals surface area contributed by atoms with Crippen molar-refractivity contribution in [3.8, 4) is 17.6 Å². The SMILES string of the molecule is CCOc1cc2c(cc1NC(=O)CCCN(C)C)C(Nc1ccc(OCC3NCCCC3OC)c(Cl)c1)C(C#N)CN2. The summed E-state index contributed by atoms with van der Waals surface area (Å²) in [4.78, 5) is 14.8. The Kier molecular flexibility index (Phi) is 11.5. The second kappa shape index (κ2) is 15.3. The zero-order valence-corrected chi connectivity index (χ0v) is 25.7. The van der Waals surface area contributed by atoms with E-state index in [1.165, 1.54) is 0 Å². The van der Waals surface area contributed by atoms with Crippen molar-refractivity contribution >= 4 is 34.6 Å². The van der Waals surface area contributed by atoms with Gasteiger partial charge in [0.05, 0.1) is 47.5 Å². The molecule has 1 fully saturated rings. The van der Waals surface area contributed by atoms with Crippen molar-refractivity contribution in [2.45, 2.75) is 50.8 Å². The summed E-state index contributed by atoms with van der Waals surface area (Å²) in [6, 6.07) is 11.5. The van der Waals surface area contributed by atoms with Crippen LogP contribution in [0.4, 0.5) is 17.1 Å². The molecule has 0 saturated carbocycles. The van der Waals surface area contributed by atoms with Crippen molar-refractivity contribution < 1.29 is 19.0 Å². The van der Waals surface area contributed by atoms with E-state index in [0.29, 0.717) is 48.4 Å². The molecule has 0 aromatic heterocycles. The zero-order valence-electron chi connectivity index (χ0n) is 25.0. The van der Waals surface area contributed by atoms with E-state index < -0.39 is 0 Å². The number of hydrogen-bond donors (Lipinski definition) is 4. The highest BCUT2D eigenvalue weighted by Crippen LogP contribution is 2.42. The van der Waals surface area contributed by atoms with Crippen molar-refractivity contribution in [1.82, 2.24) is 10.2 Å². The van der Waals surface area contributed by atoms with Gasteiger partial charge in [-0.25, -0.2) is 0 Å². The van der Waals surface area contributed by atoms with Gasteiger partial charge in [0.2, 0.25) is 5.91 Å². The van der Waals surface area contributed by atoms with Gasteiger partial charge in [-0.2, -0.15) is 5.26 Å². The molecule has 10 nitrogen and oxygen atoms in total. The topological polar surface area (TPSA) is 120 Å². The molecular weight excluding hydrogens is 556 g/mol. The lowest BCUT2D eigenvalue weighted by Gasteiger charge is -2.33. The number of nitrogens with zero attached hydrogens (tertiary/aromatic N) is 2. The maximum absolute atomic E-state index is 12.8. The first-order valence-electron chi connectivity index (χ1n) is 14.7. The van der Waals surface area contributed by atoms with Gasteiger partial charge in [0.15, 0.2) is 0 Å². The molecule has 2 aliphatic rings. The van der Waals surface area contributed by atoms with E-state index in [1.807, 2.05) is 51.4 Å². The van der Waals surface area contributed by atoms with Crippen molar-refractivity contribution in [3.05, 3.63) is 40.9 Å². The van der Waals surface area contributed by atoms with Crippen LogP contribution in [0.1, 0.15) is 44.2 Å². The van der Waals surface area contributed by atoms with Crippen molar-refractivity contribution in [1.29, 1.82) is 5.26 Å². The fraction of sp³-hybridized carbons (Fsp3) is 0.548. The van der Waals surface area contributed by atoms with Gasteiger partial charge in [-0.15, -0.1) is 0 Å². The smallest absolute Gasteiger partial charge is 0.224 e. The van der Waals surface area contributed by atoms with E-state index in [-0.39, 0.29) is 30.0 Å². The normalized spacial score (nSPS) is 21.5. The first-order valence-corrected chi connectivity index (χ1v) is 15.0. The number of benzene rings is 2. The van der Waals surface area contributed by atoms with Gasteiger partial charge in [0.1, 0.15) is 18.1 Å². The Balaban J connectivity index is 1.52. The minimum atomic E-state index is -0.364. The van der Waals surface area contributed by atoms with Gasteiger partial charge in [0, 0.05) is 43.1 Å². The van der Waals surface area contributed by atoms with Gasteiger partial charge in [0.25, 0.3) is 0 Å². The molecule has 4 N–H and O–H groups in total. The summed E-state index contributed by atoms with van der Waals surface area (Å²) < 4.78 is 17.5. The molecule has 2 aromatic rings. The average molecular weight is 599 g/mol. The number of carbonyl (C=O) groups is 1. The molecule has 2 heterocycles. The van der Waals surface area contributed by atoms with E-state index in [9.17, 15) is 10.1 Å². The van der Waals surface area contributed by atoms with E-state index in [0.717, 1.165) is 49.3 Å². The number of ether oxygens (including phenoxy) is 3. The number of nitriles is 1. The molecule has 1 saturated heterocycles. The van der Waals surface area contributed by atoms with Gasteiger partial charge in [-0.1, -0.05) is 11.6 Å². The van der Waals surface area contributed by atoms with Gasteiger partial charge < -0.3 is 40.4 Å². The Bertz CT molecular complexity index is 1250. The maximum atomic E-state index is 12.8. The minimum absolute atomic E-state index is 0.0783. The largest absolute Gasteiger partial charge is 0.492 e. The predicted octanol–water partition coefficient (Wildman–Crippen LogP) is 4.88. The fourth-order valence-corrected chi connectivity index (χ4v) is 5.67. The van der Waals surface area contributed by atoms with Gasteiger partial charge in [-0.3, -0.25) is 4.79 Å². The van der Waals surface area contributed by atoms with Crippen molar-refractivity contribution in [2.24, 2.45) is 5.92 Å². The molecule has 11 heteroatoms. The Morgan fingerprint density at radius 2 is 2.05 bits per heavy atom. The number of piperidine rings is 1. The van der Waals surface area contributed by atoms with Crippen LogP contribution in [0.3, 0.4) is 0 Å². The predicted molar refractivity (Wildman–Crippen MR) is 167 cm³/mol. The minimum Gasteiger partial charge on any atom is -0.492 e. The summed E-state index contributed by atoms with van der Waals surface area (Å²) in [6.45, 7) is 5.05. The number of nitrogens with one attached hydrogen (secondary N) is 4. The summed E-state index contributed by atoms with van der Waals surface area (Å²) >= 11 is 6.64. The number of hydrogen-bond acceptors (Lipinski definition) is 9. The molecule has 4 atom stereocenters. The maximum Gasteiger partial charge on any atom is 0.224 e. The van der Waals surface area contributed by atoms with Gasteiger partial charge >= 0.3 is 0 Å². The highest BCUT2D eigenvalue weighted by Gasteiger charge is 2.32. The lowest BCUT2D eigenvalue weighted by atomic mass is 9.88. The Morgan fingerprint density at radius 1 is 1.21 bits per heavy atom. The zero-order chi connectivity index (χ0) is 30.1. The first kappa shape index (κ1) is 31.7. The van der Waals surface area contributed by atoms with Crippen LogP contribution >= 0.6 is 11.6 Å². The molecule has 0 radical (unpaired) electrons. The molecule has 42 heavy (non-hydrogen) atoms. The Hall–Kier alpha value is -3.23. The van der Waals surface area contributed by atoms with Crippen LogP contribution < -0.4 is 30.7 Å². The second-order valence-electron chi connectivity index (χ2n) is 11.0. The lowest BCUT2D eigenvalue weighted by molar-refractivity contribution is -0.116. The summed E-state index contributed by atoms with van der Waals surface area (Å²) in [7, 11) is 5.70. The standard InChI is InChI=1S/C31H43ClN6O4/c1-5-41-29-16-24-22(15-25(29)37-30(39)9-7-13-38(2)3)31(20(17-33)18-35-24)36-21-10-11-27(23(32)14-21)42-19-26-28(40-4)8-6-12-34-26/h10-11,14-16,20,26,28,31,34-36H,5-9,12-13,18-19H2,1-4H3,(H,37,39). The number of methoxy groups -OCH3 is 1. The van der Waals surface area contributed by atoms with Crippen molar-refractivity contribution in [3.63, 3.8) is 0 Å². The number of rotatable bonds is 13. The number of anilines is 3. The Labute approximate surface area is 254 Å². The van der Waals surface area contributed by atoms with Crippen molar-refractivity contribution in [2.75, 3.05) is 70.0 Å². The average Bonchev–Trinajstić information content (AvgIpc) is 2.97. The molecular formula is C31H43ClN6O4. The van der Waals surface area contributed by atoms with Crippen LogP contribution in [0.5, 0.6) is 11.5 Å². The third kappa shape index (κ3) is 8.19. The van der Waals surface area contributed by atoms with Crippen LogP contribution in [-0.4, -0.2) is 77.0 Å². The number of amides is 1. The van der Waals surface area contributed by atoms with E-state index in [2.05, 4.69) is 32.2 Å². The number of fused-ring (bicyclic) bond motifs is 1. The van der Waals surface area contributed by atoms with E-state index in [1.54, 1.807) is 7.11 Å². The summed E-state index contributed by atoms with van der Waals surface area (Å²) in [5.74, 6) is 0.738. The summed E-state index contributed by atoms with van der Waals surface area (Å²) in [5.41, 5.74) is 3.07. The van der Waals surface area contributed by atoms with E-state index >= 15 is 0 Å². The summed E-state index contributed by atoms with van der Waals surface area (Å²) in [5, 5.41) is 23.8. The first-order chi connectivity index (χ1) is 20.3. The quantitative estimate of drug-likeness (QED) is 0.256. The van der Waals surface area contributed by atoms with Crippen LogP contribution in [0.15, 0.2) is 30.3 Å². The fourth-order valence-electron chi connectivity index (χ4n) is 5.44. The monoisotopic (exact) mass is 598 g/mol. The van der Waals surface area contributed by atoms with Crippen LogP contribution in [0.25, 0.3) is 0 Å². The molecule has 4 unspecified atom stereocenters. The lowest BCUT2D eigenvalue weighted by Crippen LogP contribution is -2.49. The molecule has 228 valence electrons. The van der Waals surface area contributed by atoms with Gasteiger partial charge in [-0.05, 0) is 77.6 Å².